The summed E-state index contributed by atoms with van der Waals surface area (Å²) in [5.74, 6) is 1.95. The molecule has 2 aliphatic rings. The van der Waals surface area contributed by atoms with Crippen LogP contribution in [-0.4, -0.2) is 50.4 Å². The second kappa shape index (κ2) is 10.1. The van der Waals surface area contributed by atoms with Gasteiger partial charge in [-0.1, -0.05) is 25.5 Å². The first-order valence-corrected chi connectivity index (χ1v) is 12.8. The molecule has 0 radical (unpaired) electrons. The van der Waals surface area contributed by atoms with Crippen molar-refractivity contribution in [3.05, 3.63) is 36.3 Å². The van der Waals surface area contributed by atoms with Crippen molar-refractivity contribution >= 4 is 17.2 Å². The number of nitrogens with zero attached hydrogens (tertiary/aromatic N) is 5. The van der Waals surface area contributed by atoms with Gasteiger partial charge in [0.2, 0.25) is 5.95 Å². The van der Waals surface area contributed by atoms with Crippen LogP contribution in [0, 0.1) is 0 Å². The number of fused-ring (bicyclic) bond motifs is 1. The maximum Gasteiger partial charge on any atom is 0.241 e. The van der Waals surface area contributed by atoms with Crippen LogP contribution in [0.3, 0.4) is 0 Å². The third-order valence-corrected chi connectivity index (χ3v) is 7.16. The Kier molecular flexibility index (Phi) is 6.76. The molecule has 1 saturated carbocycles. The van der Waals surface area contributed by atoms with Crippen LogP contribution < -0.4 is 10.2 Å². The monoisotopic (exact) mass is 448 g/mol. The Bertz CT molecular complexity index is 1050. The number of piperidine rings is 1. The van der Waals surface area contributed by atoms with Crippen molar-refractivity contribution in [1.82, 2.24) is 19.6 Å². The van der Waals surface area contributed by atoms with E-state index < -0.39 is 0 Å². The number of aliphatic hydroxyl groups is 1. The maximum atomic E-state index is 10.0. The Labute approximate surface area is 196 Å². The van der Waals surface area contributed by atoms with E-state index in [0.29, 0.717) is 11.9 Å². The van der Waals surface area contributed by atoms with Gasteiger partial charge in [-0.15, -0.1) is 5.10 Å². The minimum Gasteiger partial charge on any atom is -0.393 e. The Balaban J connectivity index is 1.48. The number of unbranched alkanes of at least 4 members (excludes halogenated alkanes) is 1. The van der Waals surface area contributed by atoms with E-state index in [0.717, 1.165) is 80.8 Å². The van der Waals surface area contributed by atoms with E-state index in [1.807, 2.05) is 10.7 Å². The lowest BCUT2D eigenvalue weighted by molar-refractivity contribution is 0.121. The van der Waals surface area contributed by atoms with Crippen molar-refractivity contribution in [2.75, 3.05) is 29.9 Å². The molecule has 7 nitrogen and oxygen atoms in total. The van der Waals surface area contributed by atoms with Crippen molar-refractivity contribution in [1.29, 1.82) is 0 Å². The van der Waals surface area contributed by atoms with Gasteiger partial charge in [0.25, 0.3) is 0 Å². The zero-order valence-corrected chi connectivity index (χ0v) is 19.7. The molecule has 1 aliphatic carbocycles. The summed E-state index contributed by atoms with van der Waals surface area (Å²) in [5, 5.41) is 18.2. The summed E-state index contributed by atoms with van der Waals surface area (Å²) in [6.45, 7) is 5.34. The van der Waals surface area contributed by atoms with Crippen LogP contribution in [0.25, 0.3) is 16.8 Å². The molecule has 3 heterocycles. The highest BCUT2D eigenvalue weighted by atomic mass is 16.3. The third-order valence-electron chi connectivity index (χ3n) is 7.16. The quantitative estimate of drug-likeness (QED) is 0.495. The largest absolute Gasteiger partial charge is 0.393 e. The van der Waals surface area contributed by atoms with Gasteiger partial charge in [0.05, 0.1) is 18.0 Å². The Hall–Kier alpha value is -2.67. The molecule has 2 aromatic heterocycles. The maximum absolute atomic E-state index is 10.0. The van der Waals surface area contributed by atoms with Crippen LogP contribution in [0.15, 0.2) is 30.5 Å². The van der Waals surface area contributed by atoms with Gasteiger partial charge in [0, 0.05) is 36.8 Å². The van der Waals surface area contributed by atoms with Gasteiger partial charge in [-0.3, -0.25) is 0 Å². The van der Waals surface area contributed by atoms with Gasteiger partial charge in [-0.05, 0) is 63.5 Å². The first-order valence-electron chi connectivity index (χ1n) is 12.8. The minimum absolute atomic E-state index is 0.185. The van der Waals surface area contributed by atoms with Crippen LogP contribution in [0.4, 0.5) is 11.6 Å². The molecule has 0 atom stereocenters. The first-order chi connectivity index (χ1) is 16.2. The van der Waals surface area contributed by atoms with Crippen molar-refractivity contribution in [3.8, 4) is 11.3 Å². The number of rotatable bonds is 7. The molecule has 1 saturated heterocycles. The number of hydrogen-bond acceptors (Lipinski definition) is 6. The smallest absolute Gasteiger partial charge is 0.241 e. The molecule has 176 valence electrons. The SMILES string of the molecule is CCCCNc1ncc2c(-c3ccc(N4CCCCC4)cc3)nc(C3CCC(O)CC3)n2n1. The van der Waals surface area contributed by atoms with Crippen molar-refractivity contribution in [3.63, 3.8) is 0 Å². The van der Waals surface area contributed by atoms with Crippen LogP contribution in [0.5, 0.6) is 0 Å². The molecule has 0 unspecified atom stereocenters. The average Bonchev–Trinajstić information content (AvgIpc) is 3.24. The van der Waals surface area contributed by atoms with Gasteiger partial charge in [-0.25, -0.2) is 14.5 Å². The first kappa shape index (κ1) is 22.1. The fourth-order valence-electron chi connectivity index (χ4n) is 5.16. The number of benzene rings is 1. The summed E-state index contributed by atoms with van der Waals surface area (Å²) >= 11 is 0. The van der Waals surface area contributed by atoms with Crippen LogP contribution >= 0.6 is 0 Å². The summed E-state index contributed by atoms with van der Waals surface area (Å²) < 4.78 is 2.00. The lowest BCUT2D eigenvalue weighted by atomic mass is 9.87. The van der Waals surface area contributed by atoms with E-state index >= 15 is 0 Å². The predicted octanol–water partition coefficient (Wildman–Crippen LogP) is 5.01. The lowest BCUT2D eigenvalue weighted by Gasteiger charge is -2.28. The standard InChI is InChI=1S/C26H36N6O/c1-2-3-15-27-26-28-18-23-24(19-7-11-21(12-8-19)31-16-5-4-6-17-31)29-25(32(23)30-26)20-9-13-22(33)14-10-20/h7-8,11-12,18,20,22,33H,2-6,9-10,13-17H2,1H3,(H,27,30). The molecule has 33 heavy (non-hydrogen) atoms. The molecule has 0 spiro atoms. The van der Waals surface area contributed by atoms with Crippen molar-refractivity contribution < 1.29 is 5.11 Å². The molecule has 2 fully saturated rings. The zero-order valence-electron chi connectivity index (χ0n) is 19.7. The van der Waals surface area contributed by atoms with E-state index in [4.69, 9.17) is 10.1 Å². The normalized spacial score (nSPS) is 21.5. The fourth-order valence-corrected chi connectivity index (χ4v) is 5.16. The molecule has 1 aliphatic heterocycles. The number of anilines is 2. The summed E-state index contributed by atoms with van der Waals surface area (Å²) in [6.07, 6.45) is 11.4. The fraction of sp³-hybridized carbons (Fsp3) is 0.577. The highest BCUT2D eigenvalue weighted by Gasteiger charge is 2.27. The lowest BCUT2D eigenvalue weighted by Crippen LogP contribution is -2.29. The molecular formula is C26H36N6O. The Morgan fingerprint density at radius 2 is 1.79 bits per heavy atom. The predicted molar refractivity (Wildman–Crippen MR) is 133 cm³/mol. The Morgan fingerprint density at radius 1 is 1.03 bits per heavy atom. The number of nitrogens with one attached hydrogen (secondary N) is 1. The molecule has 7 heteroatoms. The topological polar surface area (TPSA) is 78.6 Å². The zero-order chi connectivity index (χ0) is 22.6. The molecule has 3 aromatic rings. The number of imidazole rings is 1. The van der Waals surface area contributed by atoms with Crippen molar-refractivity contribution in [2.45, 2.75) is 76.7 Å². The highest BCUT2D eigenvalue weighted by Crippen LogP contribution is 2.36. The Morgan fingerprint density at radius 3 is 2.52 bits per heavy atom. The second-order valence-corrected chi connectivity index (χ2v) is 9.58. The van der Waals surface area contributed by atoms with Gasteiger partial charge >= 0.3 is 0 Å². The number of aliphatic hydroxyl groups excluding tert-OH is 1. The van der Waals surface area contributed by atoms with E-state index in [2.05, 4.69) is 46.4 Å². The second-order valence-electron chi connectivity index (χ2n) is 9.58. The summed E-state index contributed by atoms with van der Waals surface area (Å²) in [5.41, 5.74) is 4.29. The van der Waals surface area contributed by atoms with Gasteiger partial charge in [0.1, 0.15) is 11.3 Å². The summed E-state index contributed by atoms with van der Waals surface area (Å²) in [6, 6.07) is 8.83. The summed E-state index contributed by atoms with van der Waals surface area (Å²) in [4.78, 5) is 12.2. The van der Waals surface area contributed by atoms with Crippen LogP contribution in [-0.2, 0) is 0 Å². The van der Waals surface area contributed by atoms with Crippen LogP contribution in [0.1, 0.15) is 76.5 Å². The van der Waals surface area contributed by atoms with Gasteiger partial charge in [0.15, 0.2) is 0 Å². The molecule has 0 bridgehead atoms. The summed E-state index contributed by atoms with van der Waals surface area (Å²) in [7, 11) is 0. The van der Waals surface area contributed by atoms with E-state index in [1.54, 1.807) is 0 Å². The van der Waals surface area contributed by atoms with E-state index in [9.17, 15) is 5.11 Å². The van der Waals surface area contributed by atoms with E-state index in [1.165, 1.54) is 24.9 Å². The highest BCUT2D eigenvalue weighted by molar-refractivity contribution is 5.78. The van der Waals surface area contributed by atoms with E-state index in [-0.39, 0.29) is 6.10 Å². The molecular weight excluding hydrogens is 412 g/mol. The van der Waals surface area contributed by atoms with Crippen molar-refractivity contribution in [2.24, 2.45) is 0 Å². The molecule has 2 N–H and O–H groups in total. The molecule has 1 aromatic carbocycles. The molecule has 5 rings (SSSR count). The van der Waals surface area contributed by atoms with Crippen LogP contribution in [0.2, 0.25) is 0 Å². The minimum atomic E-state index is -0.185. The van der Waals surface area contributed by atoms with Gasteiger partial charge in [-0.2, -0.15) is 0 Å². The average molecular weight is 449 g/mol. The number of aromatic nitrogens is 4. The van der Waals surface area contributed by atoms with Gasteiger partial charge < -0.3 is 15.3 Å². The molecule has 0 amide bonds. The number of hydrogen-bond donors (Lipinski definition) is 2. The third kappa shape index (κ3) is 4.83.